The molecule has 3 aromatic rings. The molecular weight excluding hydrogens is 497 g/mol. The van der Waals surface area contributed by atoms with Gasteiger partial charge in [0.05, 0.1) is 5.69 Å². The van der Waals surface area contributed by atoms with Crippen LogP contribution in [-0.2, 0) is 11.3 Å². The van der Waals surface area contributed by atoms with Crippen molar-refractivity contribution in [1.29, 1.82) is 0 Å². The minimum Gasteiger partial charge on any atom is -0.334 e. The highest BCUT2D eigenvalue weighted by Gasteiger charge is 2.40. The number of carbonyl (C=O) groups is 1. The molecular formula is C26H24N4O2S3. The molecule has 178 valence electrons. The number of hydrogen-bond acceptors (Lipinski definition) is 6. The lowest BCUT2D eigenvalue weighted by molar-refractivity contribution is -0.120. The Morgan fingerprint density at radius 1 is 0.971 bits per heavy atom. The molecule has 0 radical (unpaired) electrons. The largest absolute Gasteiger partial charge is 0.334 e. The molecule has 1 saturated heterocycles. The summed E-state index contributed by atoms with van der Waals surface area (Å²) in [5.74, 6) is -0.202. The molecule has 0 bridgehead atoms. The van der Waals surface area contributed by atoms with Crippen LogP contribution in [-0.4, -0.2) is 33.6 Å². The molecule has 0 N–H and O–H groups in total. The van der Waals surface area contributed by atoms with Gasteiger partial charge >= 0.3 is 0 Å². The highest BCUT2D eigenvalue weighted by Crippen LogP contribution is 2.45. The number of fused-ring (bicyclic) bond motifs is 1. The van der Waals surface area contributed by atoms with Crippen LogP contribution in [0.1, 0.15) is 13.8 Å². The maximum atomic E-state index is 13.8. The average molecular weight is 521 g/mol. The van der Waals surface area contributed by atoms with Gasteiger partial charge < -0.3 is 4.90 Å². The number of nitrogens with zero attached hydrogens (tertiary/aromatic N) is 4. The fraction of sp³-hybridized carbons (Fsp3) is 0.192. The van der Waals surface area contributed by atoms with Crippen molar-refractivity contribution in [2.24, 2.45) is 0 Å². The summed E-state index contributed by atoms with van der Waals surface area (Å²) in [4.78, 5) is 34.1. The van der Waals surface area contributed by atoms with E-state index in [1.165, 1.54) is 11.3 Å². The Morgan fingerprint density at radius 2 is 1.66 bits per heavy atom. The number of carbonyl (C=O) groups excluding carboxylic acids is 1. The number of thioether (sulfide) groups is 1. The van der Waals surface area contributed by atoms with E-state index in [9.17, 15) is 9.59 Å². The van der Waals surface area contributed by atoms with Gasteiger partial charge in [-0.2, -0.15) is 0 Å². The lowest BCUT2D eigenvalue weighted by Gasteiger charge is -2.19. The normalized spacial score (nSPS) is 18.5. The molecule has 1 fully saturated rings. The summed E-state index contributed by atoms with van der Waals surface area (Å²) in [6, 6.07) is 17.7. The molecule has 35 heavy (non-hydrogen) atoms. The van der Waals surface area contributed by atoms with Crippen molar-refractivity contribution < 1.29 is 4.79 Å². The summed E-state index contributed by atoms with van der Waals surface area (Å²) >= 11 is 8.66. The van der Waals surface area contributed by atoms with Crippen LogP contribution in [0, 0.1) is 0 Å². The third-order valence-corrected chi connectivity index (χ3v) is 8.83. The number of rotatable bonds is 5. The smallest absolute Gasteiger partial charge is 0.280 e. The average Bonchev–Trinajstić information content (AvgIpc) is 3.48. The third kappa shape index (κ3) is 3.74. The molecule has 0 spiro atoms. The van der Waals surface area contributed by atoms with Crippen molar-refractivity contribution in [3.63, 3.8) is 0 Å². The van der Waals surface area contributed by atoms with E-state index in [-0.39, 0.29) is 11.5 Å². The van der Waals surface area contributed by atoms with Crippen LogP contribution in [0.4, 0.5) is 11.4 Å². The van der Waals surface area contributed by atoms with Gasteiger partial charge in [0.25, 0.3) is 11.5 Å². The maximum absolute atomic E-state index is 13.8. The molecule has 1 amide bonds. The van der Waals surface area contributed by atoms with Crippen molar-refractivity contribution in [2.75, 3.05) is 22.9 Å². The van der Waals surface area contributed by atoms with Gasteiger partial charge in [0, 0.05) is 30.2 Å². The Kier molecular flexibility index (Phi) is 6.39. The lowest BCUT2D eigenvalue weighted by Crippen LogP contribution is -2.36. The number of allylic oxidation sites excluding steroid dienone is 1. The molecule has 5 rings (SSSR count). The zero-order valence-electron chi connectivity index (χ0n) is 19.4. The number of aromatic nitrogens is 1. The fourth-order valence-corrected chi connectivity index (χ4v) is 7.29. The zero-order chi connectivity index (χ0) is 24.7. The molecule has 0 aliphatic carbocycles. The van der Waals surface area contributed by atoms with Crippen molar-refractivity contribution in [3.8, 4) is 0 Å². The van der Waals surface area contributed by atoms with Gasteiger partial charge in [-0.25, -0.2) is 0 Å². The van der Waals surface area contributed by atoms with E-state index in [1.54, 1.807) is 32.2 Å². The van der Waals surface area contributed by atoms with Gasteiger partial charge in [-0.05, 0) is 50.3 Å². The van der Waals surface area contributed by atoms with E-state index < -0.39 is 0 Å². The Labute approximate surface area is 217 Å². The number of anilines is 2. The predicted octanol–water partition coefficient (Wildman–Crippen LogP) is 3.56. The molecule has 2 aliphatic heterocycles. The zero-order valence-corrected chi connectivity index (χ0v) is 21.9. The van der Waals surface area contributed by atoms with Gasteiger partial charge in [-0.15, -0.1) is 17.9 Å². The Balaban J connectivity index is 1.85. The van der Waals surface area contributed by atoms with Gasteiger partial charge in [0.15, 0.2) is 5.11 Å². The number of likely N-dealkylation sites (N-methyl/N-ethyl adjacent to an activating group) is 1. The highest BCUT2D eigenvalue weighted by atomic mass is 32.2. The van der Waals surface area contributed by atoms with Gasteiger partial charge in [-0.1, -0.05) is 48.2 Å². The number of benzene rings is 2. The summed E-state index contributed by atoms with van der Waals surface area (Å²) in [6.07, 6.45) is 1.68. The van der Waals surface area contributed by atoms with Crippen LogP contribution in [0.25, 0.3) is 10.7 Å². The SMILES string of the molecule is C=CCn1c(=C2C(=O)N(CC)C(=S)N2c2ccccc2)sc(=C2Sc3ccccc3N2CC)c1=O. The first-order chi connectivity index (χ1) is 17.0. The standard InChI is InChI=1S/C26H24N4O2S3/c1-4-16-29-23(32)21(25-27(5-2)18-14-10-11-15-19(18)34-25)35-24(29)20-22(31)28(6-3)26(33)30(20)17-12-8-7-9-13-17/h4,7-15H,1,5-6,16H2,2-3H3. The van der Waals surface area contributed by atoms with E-state index in [1.807, 2.05) is 49.4 Å². The maximum Gasteiger partial charge on any atom is 0.280 e. The molecule has 0 atom stereocenters. The third-order valence-electron chi connectivity index (χ3n) is 5.94. The van der Waals surface area contributed by atoms with E-state index in [4.69, 9.17) is 12.2 Å². The Hall–Kier alpha value is -3.14. The monoisotopic (exact) mass is 520 g/mol. The van der Waals surface area contributed by atoms with Crippen LogP contribution < -0.4 is 24.6 Å². The van der Waals surface area contributed by atoms with Gasteiger partial charge in [-0.3, -0.25) is 24.0 Å². The van der Waals surface area contributed by atoms with Crippen LogP contribution >= 0.6 is 35.3 Å². The predicted molar refractivity (Wildman–Crippen MR) is 149 cm³/mol. The summed E-state index contributed by atoms with van der Waals surface area (Å²) in [6.45, 7) is 9.29. The minimum atomic E-state index is -0.202. The first kappa shape index (κ1) is 23.6. The van der Waals surface area contributed by atoms with Crippen LogP contribution in [0.3, 0.4) is 0 Å². The van der Waals surface area contributed by atoms with Crippen molar-refractivity contribution >= 4 is 68.4 Å². The molecule has 2 aliphatic rings. The van der Waals surface area contributed by atoms with Gasteiger partial charge in [0.2, 0.25) is 0 Å². The van der Waals surface area contributed by atoms with Crippen LogP contribution in [0.5, 0.6) is 0 Å². The number of para-hydroxylation sites is 2. The minimum absolute atomic E-state index is 0.132. The molecule has 9 heteroatoms. The fourth-order valence-electron chi connectivity index (χ4n) is 4.34. The van der Waals surface area contributed by atoms with E-state index in [0.717, 1.165) is 27.8 Å². The molecule has 2 aromatic carbocycles. The first-order valence-electron chi connectivity index (χ1n) is 11.4. The second kappa shape index (κ2) is 9.49. The van der Waals surface area contributed by atoms with Crippen molar-refractivity contribution in [3.05, 3.63) is 86.8 Å². The quantitative estimate of drug-likeness (QED) is 0.379. The van der Waals surface area contributed by atoms with E-state index in [0.29, 0.717) is 33.1 Å². The van der Waals surface area contributed by atoms with Crippen LogP contribution in [0.15, 0.2) is 76.9 Å². The van der Waals surface area contributed by atoms with Crippen molar-refractivity contribution in [1.82, 2.24) is 9.47 Å². The summed E-state index contributed by atoms with van der Waals surface area (Å²) in [5.41, 5.74) is 2.15. The molecule has 0 unspecified atom stereocenters. The molecule has 3 heterocycles. The molecule has 1 aromatic heterocycles. The Morgan fingerprint density at radius 3 is 2.34 bits per heavy atom. The summed E-state index contributed by atoms with van der Waals surface area (Å²) in [5, 5.41) is 1.30. The van der Waals surface area contributed by atoms with E-state index in [2.05, 4.69) is 30.5 Å². The topological polar surface area (TPSA) is 48.8 Å². The lowest BCUT2D eigenvalue weighted by atomic mass is 10.3. The first-order valence-corrected chi connectivity index (χ1v) is 13.4. The second-order valence-corrected chi connectivity index (χ2v) is 10.3. The van der Waals surface area contributed by atoms with Gasteiger partial charge in [0.1, 0.15) is 19.9 Å². The highest BCUT2D eigenvalue weighted by molar-refractivity contribution is 8.08. The van der Waals surface area contributed by atoms with E-state index >= 15 is 0 Å². The molecule has 6 nitrogen and oxygen atoms in total. The summed E-state index contributed by atoms with van der Waals surface area (Å²) < 4.78 is 2.83. The Bertz CT molecular complexity index is 1520. The van der Waals surface area contributed by atoms with Crippen molar-refractivity contribution in [2.45, 2.75) is 25.3 Å². The summed E-state index contributed by atoms with van der Waals surface area (Å²) in [7, 11) is 0. The number of hydrogen-bond donors (Lipinski definition) is 0. The second-order valence-electron chi connectivity index (χ2n) is 7.91. The van der Waals surface area contributed by atoms with Crippen LogP contribution in [0.2, 0.25) is 0 Å². The number of amides is 1. The molecule has 0 saturated carbocycles. The number of thiazole rings is 1. The number of thiocarbonyl (C=S) groups is 1.